The van der Waals surface area contributed by atoms with Gasteiger partial charge in [0, 0.05) is 31.7 Å². The van der Waals surface area contributed by atoms with Gasteiger partial charge in [0.25, 0.3) is 0 Å². The number of carboxylic acid groups (broad SMARTS) is 1. The number of carboxylic acids is 1. The van der Waals surface area contributed by atoms with E-state index in [0.717, 1.165) is 0 Å². The molecule has 0 radical (unpaired) electrons. The van der Waals surface area contributed by atoms with Crippen molar-refractivity contribution in [2.24, 2.45) is 11.3 Å². The Morgan fingerprint density at radius 2 is 2.05 bits per heavy atom. The van der Waals surface area contributed by atoms with Gasteiger partial charge in [0.15, 0.2) is 5.12 Å². The second-order valence-electron chi connectivity index (χ2n) is 6.40. The molecule has 0 aromatic heterocycles. The van der Waals surface area contributed by atoms with Gasteiger partial charge in [-0.3, -0.25) is 14.4 Å². The Balaban J connectivity index is 2.75. The van der Waals surface area contributed by atoms with Gasteiger partial charge in [0.2, 0.25) is 5.91 Å². The lowest BCUT2D eigenvalue weighted by molar-refractivity contribution is -0.141. The fourth-order valence-electron chi connectivity index (χ4n) is 2.51. The van der Waals surface area contributed by atoms with E-state index in [0.29, 0.717) is 18.7 Å². The van der Waals surface area contributed by atoms with Crippen LogP contribution in [0.5, 0.6) is 0 Å². The first-order valence-corrected chi connectivity index (χ1v) is 7.74. The minimum Gasteiger partial charge on any atom is -0.481 e. The summed E-state index contributed by atoms with van der Waals surface area (Å²) in [7, 11) is 0. The smallest absolute Gasteiger partial charge is 0.305 e. The van der Waals surface area contributed by atoms with Crippen LogP contribution in [0.2, 0.25) is 0 Å². The van der Waals surface area contributed by atoms with Gasteiger partial charge in [0.05, 0.1) is 6.42 Å². The van der Waals surface area contributed by atoms with Crippen molar-refractivity contribution in [1.29, 1.82) is 0 Å². The van der Waals surface area contributed by atoms with E-state index in [1.807, 2.05) is 20.8 Å². The summed E-state index contributed by atoms with van der Waals surface area (Å²) in [6.07, 6.45) is 0.369. The Hall–Kier alpha value is -1.04. The highest BCUT2D eigenvalue weighted by Crippen LogP contribution is 2.33. The molecule has 0 bridgehead atoms. The van der Waals surface area contributed by atoms with Gasteiger partial charge in [0.1, 0.15) is 0 Å². The minimum atomic E-state index is -0.890. The molecule has 1 fully saturated rings. The van der Waals surface area contributed by atoms with Crippen molar-refractivity contribution in [2.75, 3.05) is 12.3 Å². The maximum absolute atomic E-state index is 12.1. The molecule has 1 heterocycles. The highest BCUT2D eigenvalue weighted by atomic mass is 32.2. The third kappa shape index (κ3) is 4.81. The second-order valence-corrected chi connectivity index (χ2v) is 7.60. The zero-order chi connectivity index (χ0) is 15.5. The molecule has 0 aromatic rings. The Bertz CT molecular complexity index is 402. The van der Waals surface area contributed by atoms with Crippen molar-refractivity contribution in [3.8, 4) is 0 Å². The lowest BCUT2D eigenvalue weighted by atomic mass is 9.83. The van der Waals surface area contributed by atoms with Crippen LogP contribution in [0.1, 0.15) is 40.5 Å². The zero-order valence-corrected chi connectivity index (χ0v) is 13.3. The molecule has 2 unspecified atom stereocenters. The van der Waals surface area contributed by atoms with Gasteiger partial charge in [-0.15, -0.1) is 0 Å². The summed E-state index contributed by atoms with van der Waals surface area (Å²) in [5, 5.41) is 9.10. The number of hydrogen-bond donors (Lipinski definition) is 1. The van der Waals surface area contributed by atoms with Crippen LogP contribution in [-0.2, 0) is 14.4 Å². The van der Waals surface area contributed by atoms with E-state index in [-0.39, 0.29) is 34.8 Å². The molecule has 20 heavy (non-hydrogen) atoms. The minimum absolute atomic E-state index is 0.000303. The summed E-state index contributed by atoms with van der Waals surface area (Å²) >= 11 is 1.23. The molecule has 114 valence electrons. The first kappa shape index (κ1) is 17.0. The standard InChI is InChI=1S/C14H23NO4S/c1-9(16)20-8-10-5-12(17)15(7-10)11(6-13(18)19)14(2,3)4/h10-11H,5-8H2,1-4H3,(H,18,19). The molecule has 6 heteroatoms. The predicted octanol–water partition coefficient (Wildman–Crippen LogP) is 2.00. The molecule has 1 aliphatic rings. The molecule has 0 saturated carbocycles. The van der Waals surface area contributed by atoms with Crippen molar-refractivity contribution in [3.63, 3.8) is 0 Å². The molecule has 2 atom stereocenters. The normalized spacial score (nSPS) is 21.1. The molecule has 5 nitrogen and oxygen atoms in total. The Morgan fingerprint density at radius 1 is 1.45 bits per heavy atom. The number of nitrogens with zero attached hydrogens (tertiary/aromatic N) is 1. The largest absolute Gasteiger partial charge is 0.481 e. The monoisotopic (exact) mass is 301 g/mol. The first-order valence-electron chi connectivity index (χ1n) is 6.76. The van der Waals surface area contributed by atoms with Gasteiger partial charge in [-0.05, 0) is 11.3 Å². The van der Waals surface area contributed by atoms with E-state index >= 15 is 0 Å². The summed E-state index contributed by atoms with van der Waals surface area (Å²) in [5.74, 6) is -0.128. The lowest BCUT2D eigenvalue weighted by Gasteiger charge is -2.37. The second kappa shape index (κ2) is 6.61. The van der Waals surface area contributed by atoms with E-state index < -0.39 is 5.97 Å². The average Bonchev–Trinajstić information content (AvgIpc) is 2.63. The predicted molar refractivity (Wildman–Crippen MR) is 78.5 cm³/mol. The summed E-state index contributed by atoms with van der Waals surface area (Å²) in [5.41, 5.74) is -0.281. The van der Waals surface area contributed by atoms with Crippen molar-refractivity contribution < 1.29 is 19.5 Å². The number of aliphatic carboxylic acids is 1. The molecule has 1 amide bonds. The third-order valence-electron chi connectivity index (χ3n) is 3.50. The quantitative estimate of drug-likeness (QED) is 0.840. The number of carbonyl (C=O) groups is 3. The van der Waals surface area contributed by atoms with Crippen LogP contribution in [0.4, 0.5) is 0 Å². The molecule has 0 aromatic carbocycles. The molecule has 0 aliphatic carbocycles. The van der Waals surface area contributed by atoms with Gasteiger partial charge in [-0.1, -0.05) is 32.5 Å². The molecule has 1 aliphatic heterocycles. The van der Waals surface area contributed by atoms with Crippen LogP contribution < -0.4 is 0 Å². The fourth-order valence-corrected chi connectivity index (χ4v) is 3.20. The van der Waals surface area contributed by atoms with E-state index in [4.69, 9.17) is 5.11 Å². The summed E-state index contributed by atoms with van der Waals surface area (Å²) in [6.45, 7) is 7.92. The van der Waals surface area contributed by atoms with E-state index in [1.54, 1.807) is 4.90 Å². The number of rotatable bonds is 5. The van der Waals surface area contributed by atoms with Crippen molar-refractivity contribution in [2.45, 2.75) is 46.6 Å². The SMILES string of the molecule is CC(=O)SCC1CC(=O)N(C(CC(=O)O)C(C)(C)C)C1. The van der Waals surface area contributed by atoms with Crippen molar-refractivity contribution >= 4 is 28.8 Å². The topological polar surface area (TPSA) is 74.7 Å². The van der Waals surface area contributed by atoms with E-state index in [2.05, 4.69) is 0 Å². The number of amides is 1. The average molecular weight is 301 g/mol. The fraction of sp³-hybridized carbons (Fsp3) is 0.786. The third-order valence-corrected chi connectivity index (χ3v) is 4.55. The van der Waals surface area contributed by atoms with Gasteiger partial charge in [-0.2, -0.15) is 0 Å². The lowest BCUT2D eigenvalue weighted by Crippen LogP contribution is -2.46. The van der Waals surface area contributed by atoms with Crippen LogP contribution >= 0.6 is 11.8 Å². The molecular weight excluding hydrogens is 278 g/mol. The molecule has 0 spiro atoms. The Morgan fingerprint density at radius 3 is 2.50 bits per heavy atom. The highest BCUT2D eigenvalue weighted by Gasteiger charge is 2.40. The zero-order valence-electron chi connectivity index (χ0n) is 12.5. The van der Waals surface area contributed by atoms with Crippen LogP contribution in [0, 0.1) is 11.3 Å². The van der Waals surface area contributed by atoms with Crippen molar-refractivity contribution in [3.05, 3.63) is 0 Å². The highest BCUT2D eigenvalue weighted by molar-refractivity contribution is 8.13. The van der Waals surface area contributed by atoms with Crippen molar-refractivity contribution in [1.82, 2.24) is 4.90 Å². The van der Waals surface area contributed by atoms with Crippen LogP contribution in [0.3, 0.4) is 0 Å². The first-order chi connectivity index (χ1) is 9.11. The molecule has 1 N–H and O–H groups in total. The van der Waals surface area contributed by atoms with Gasteiger partial charge in [-0.25, -0.2) is 0 Å². The van der Waals surface area contributed by atoms with Gasteiger partial charge < -0.3 is 10.0 Å². The van der Waals surface area contributed by atoms with E-state index in [9.17, 15) is 14.4 Å². The van der Waals surface area contributed by atoms with Crippen LogP contribution in [0.15, 0.2) is 0 Å². The van der Waals surface area contributed by atoms with Gasteiger partial charge >= 0.3 is 5.97 Å². The number of carbonyl (C=O) groups excluding carboxylic acids is 2. The molecular formula is C14H23NO4S. The van der Waals surface area contributed by atoms with E-state index in [1.165, 1.54) is 18.7 Å². The maximum atomic E-state index is 12.1. The number of likely N-dealkylation sites (tertiary alicyclic amines) is 1. The summed E-state index contributed by atoms with van der Waals surface area (Å²) in [4.78, 5) is 35.9. The van der Waals surface area contributed by atoms with Crippen LogP contribution in [-0.4, -0.2) is 45.3 Å². The van der Waals surface area contributed by atoms with Crippen LogP contribution in [0.25, 0.3) is 0 Å². The molecule has 1 saturated heterocycles. The number of thioether (sulfide) groups is 1. The maximum Gasteiger partial charge on any atom is 0.305 e. The summed E-state index contributed by atoms with van der Waals surface area (Å²) < 4.78 is 0. The molecule has 1 rings (SSSR count). The Labute approximate surface area is 124 Å². The number of hydrogen-bond acceptors (Lipinski definition) is 4. The summed E-state index contributed by atoms with van der Waals surface area (Å²) in [6, 6.07) is -0.306. The Kier molecular flexibility index (Phi) is 5.62.